The van der Waals surface area contributed by atoms with Gasteiger partial charge in [-0.3, -0.25) is 14.9 Å². The number of benzene rings is 2. The molecule has 31 heavy (non-hydrogen) atoms. The molecule has 0 aromatic heterocycles. The molecule has 1 unspecified atom stereocenters. The van der Waals surface area contributed by atoms with E-state index >= 15 is 0 Å². The highest BCUT2D eigenvalue weighted by Gasteiger charge is 2.39. The average Bonchev–Trinajstić information content (AvgIpc) is 2.66. The molecule has 2 aromatic carbocycles. The lowest BCUT2D eigenvalue weighted by molar-refractivity contribution is -0.388. The number of rotatable bonds is 7. The number of sulfone groups is 1. The van der Waals surface area contributed by atoms with Crippen molar-refractivity contribution in [2.75, 3.05) is 11.1 Å². The Morgan fingerprint density at radius 2 is 1.74 bits per heavy atom. The number of halogens is 4. The maximum Gasteiger partial charge on any atom is 0.423 e. The van der Waals surface area contributed by atoms with Crippen LogP contribution in [0.4, 0.5) is 24.5 Å². The summed E-state index contributed by atoms with van der Waals surface area (Å²) in [5.41, 5.74) is -2.76. The molecule has 0 heterocycles. The SMILES string of the molecule is CC(C)S(=O)(=O)CC(C(=O)Nc1ccc([N+](=O)[O-])c(C(F)(F)F)c1)c1ccc(Cl)cc1. The quantitative estimate of drug-likeness (QED) is 0.454. The number of nitro groups is 1. The maximum atomic E-state index is 13.2. The number of carbonyl (C=O) groups excluding carboxylic acids is 1. The van der Waals surface area contributed by atoms with Crippen molar-refractivity contribution < 1.29 is 31.3 Å². The van der Waals surface area contributed by atoms with Crippen molar-refractivity contribution in [3.8, 4) is 0 Å². The molecule has 0 aliphatic rings. The number of hydrogen-bond donors (Lipinski definition) is 1. The van der Waals surface area contributed by atoms with Crippen LogP contribution in [0.3, 0.4) is 0 Å². The Balaban J connectivity index is 2.44. The molecule has 0 saturated heterocycles. The molecule has 2 aromatic rings. The molecule has 0 radical (unpaired) electrons. The first-order valence-corrected chi connectivity index (χ1v) is 10.9. The van der Waals surface area contributed by atoms with Crippen LogP contribution >= 0.6 is 11.6 Å². The zero-order chi connectivity index (χ0) is 23.6. The normalized spacial score (nSPS) is 13.1. The van der Waals surface area contributed by atoms with Crippen LogP contribution in [0.15, 0.2) is 42.5 Å². The Morgan fingerprint density at radius 3 is 2.23 bits per heavy atom. The third kappa shape index (κ3) is 6.17. The number of anilines is 1. The molecule has 2 rings (SSSR count). The van der Waals surface area contributed by atoms with Gasteiger partial charge in [-0.25, -0.2) is 8.42 Å². The molecule has 0 saturated carbocycles. The van der Waals surface area contributed by atoms with Crippen LogP contribution in [-0.2, 0) is 20.8 Å². The zero-order valence-electron chi connectivity index (χ0n) is 16.3. The molecule has 1 atom stereocenters. The maximum absolute atomic E-state index is 13.2. The predicted molar refractivity (Wildman–Crippen MR) is 110 cm³/mol. The number of amides is 1. The van der Waals surface area contributed by atoms with E-state index in [1.807, 2.05) is 0 Å². The third-order valence-corrected chi connectivity index (χ3v) is 6.96. The minimum Gasteiger partial charge on any atom is -0.326 e. The van der Waals surface area contributed by atoms with E-state index in [-0.39, 0.29) is 5.69 Å². The molecule has 0 aliphatic heterocycles. The Morgan fingerprint density at radius 1 is 1.16 bits per heavy atom. The summed E-state index contributed by atoms with van der Waals surface area (Å²) in [5, 5.41) is 12.7. The highest BCUT2D eigenvalue weighted by molar-refractivity contribution is 7.92. The van der Waals surface area contributed by atoms with Crippen molar-refractivity contribution in [2.45, 2.75) is 31.2 Å². The van der Waals surface area contributed by atoms with Gasteiger partial charge < -0.3 is 5.32 Å². The van der Waals surface area contributed by atoms with Gasteiger partial charge in [0.1, 0.15) is 5.56 Å². The number of carbonyl (C=O) groups is 1. The summed E-state index contributed by atoms with van der Waals surface area (Å²) in [6.45, 7) is 2.89. The summed E-state index contributed by atoms with van der Waals surface area (Å²) in [4.78, 5) is 22.6. The number of hydrogen-bond acceptors (Lipinski definition) is 5. The lowest BCUT2D eigenvalue weighted by Crippen LogP contribution is -2.30. The van der Waals surface area contributed by atoms with E-state index in [1.54, 1.807) is 0 Å². The van der Waals surface area contributed by atoms with E-state index in [2.05, 4.69) is 5.32 Å². The van der Waals surface area contributed by atoms with Crippen molar-refractivity contribution >= 4 is 38.7 Å². The van der Waals surface area contributed by atoms with Crippen LogP contribution in [0, 0.1) is 10.1 Å². The minimum absolute atomic E-state index is 0.295. The van der Waals surface area contributed by atoms with Crippen LogP contribution in [0.5, 0.6) is 0 Å². The topological polar surface area (TPSA) is 106 Å². The summed E-state index contributed by atoms with van der Waals surface area (Å²) in [6, 6.07) is 7.80. The first kappa shape index (κ1) is 24.6. The first-order chi connectivity index (χ1) is 14.2. The second-order valence-corrected chi connectivity index (χ2v) is 10.00. The van der Waals surface area contributed by atoms with E-state index in [4.69, 9.17) is 11.6 Å². The molecule has 0 aliphatic carbocycles. The first-order valence-electron chi connectivity index (χ1n) is 8.86. The fourth-order valence-corrected chi connectivity index (χ4v) is 3.99. The van der Waals surface area contributed by atoms with Crippen LogP contribution in [-0.4, -0.2) is 30.3 Å². The number of nitrogens with zero attached hydrogens (tertiary/aromatic N) is 1. The molecule has 12 heteroatoms. The summed E-state index contributed by atoms with van der Waals surface area (Å²) < 4.78 is 64.4. The summed E-state index contributed by atoms with van der Waals surface area (Å²) in [6.07, 6.45) is -5.03. The second-order valence-electron chi connectivity index (χ2n) is 6.96. The van der Waals surface area contributed by atoms with E-state index in [0.717, 1.165) is 6.07 Å². The average molecular weight is 479 g/mol. The van der Waals surface area contributed by atoms with Crippen LogP contribution in [0.25, 0.3) is 0 Å². The smallest absolute Gasteiger partial charge is 0.326 e. The van der Waals surface area contributed by atoms with Gasteiger partial charge in [-0.05, 0) is 43.7 Å². The van der Waals surface area contributed by atoms with Gasteiger partial charge in [0, 0.05) is 16.8 Å². The Kier molecular flexibility index (Phi) is 7.32. The van der Waals surface area contributed by atoms with Gasteiger partial charge in [0.2, 0.25) is 5.91 Å². The summed E-state index contributed by atoms with van der Waals surface area (Å²) in [7, 11) is -3.71. The highest BCUT2D eigenvalue weighted by Crippen LogP contribution is 2.37. The van der Waals surface area contributed by atoms with Gasteiger partial charge in [0.25, 0.3) is 5.69 Å². The standard InChI is InChI=1S/C19H18ClF3N2O5S/c1-11(2)31(29,30)10-15(12-3-5-13(20)6-4-12)18(26)24-14-7-8-17(25(27)28)16(9-14)19(21,22)23/h3-9,11,15H,10H2,1-2H3,(H,24,26). The molecule has 0 bridgehead atoms. The largest absolute Gasteiger partial charge is 0.423 e. The van der Waals surface area contributed by atoms with Crippen molar-refractivity contribution in [2.24, 2.45) is 0 Å². The monoisotopic (exact) mass is 478 g/mol. The number of nitro benzene ring substituents is 1. The van der Waals surface area contributed by atoms with Gasteiger partial charge in [0.15, 0.2) is 9.84 Å². The molecule has 1 amide bonds. The predicted octanol–water partition coefficient (Wildman–Crippen LogP) is 4.81. The van der Waals surface area contributed by atoms with Gasteiger partial charge in [-0.1, -0.05) is 23.7 Å². The fourth-order valence-electron chi connectivity index (χ4n) is 2.67. The second kappa shape index (κ2) is 9.23. The van der Waals surface area contributed by atoms with Crippen molar-refractivity contribution in [3.05, 3.63) is 68.7 Å². The van der Waals surface area contributed by atoms with Crippen LogP contribution in [0.1, 0.15) is 30.9 Å². The molecule has 0 spiro atoms. The summed E-state index contributed by atoms with van der Waals surface area (Å²) >= 11 is 5.83. The van der Waals surface area contributed by atoms with Gasteiger partial charge in [-0.15, -0.1) is 0 Å². The van der Waals surface area contributed by atoms with Crippen molar-refractivity contribution in [3.63, 3.8) is 0 Å². The van der Waals surface area contributed by atoms with Crippen molar-refractivity contribution in [1.82, 2.24) is 0 Å². The Bertz CT molecular complexity index is 1090. The summed E-state index contributed by atoms with van der Waals surface area (Å²) in [5.74, 6) is -2.71. The van der Waals surface area contributed by atoms with E-state index in [9.17, 15) is 36.5 Å². The molecule has 1 N–H and O–H groups in total. The number of nitrogens with one attached hydrogen (secondary N) is 1. The molecule has 0 fully saturated rings. The van der Waals surface area contributed by atoms with Crippen LogP contribution in [0.2, 0.25) is 5.02 Å². The van der Waals surface area contributed by atoms with Gasteiger partial charge in [0.05, 0.1) is 21.8 Å². The van der Waals surface area contributed by atoms with E-state index in [0.29, 0.717) is 22.7 Å². The zero-order valence-corrected chi connectivity index (χ0v) is 17.9. The van der Waals surface area contributed by atoms with E-state index < -0.39 is 55.0 Å². The van der Waals surface area contributed by atoms with Crippen molar-refractivity contribution in [1.29, 1.82) is 0 Å². The Hall–Kier alpha value is -2.66. The van der Waals surface area contributed by atoms with Gasteiger partial charge in [-0.2, -0.15) is 13.2 Å². The number of alkyl halides is 3. The molecular formula is C19H18ClF3N2O5S. The Labute approximate surface area is 181 Å². The molecule has 7 nitrogen and oxygen atoms in total. The fraction of sp³-hybridized carbons (Fsp3) is 0.316. The molecule has 168 valence electrons. The van der Waals surface area contributed by atoms with Gasteiger partial charge >= 0.3 is 6.18 Å². The van der Waals surface area contributed by atoms with E-state index in [1.165, 1.54) is 38.1 Å². The third-order valence-electron chi connectivity index (χ3n) is 4.47. The lowest BCUT2D eigenvalue weighted by Gasteiger charge is -2.19. The minimum atomic E-state index is -5.03. The van der Waals surface area contributed by atoms with Crippen LogP contribution < -0.4 is 5.32 Å². The highest BCUT2D eigenvalue weighted by atomic mass is 35.5. The molecular weight excluding hydrogens is 461 g/mol. The lowest BCUT2D eigenvalue weighted by atomic mass is 10.00.